The Bertz CT molecular complexity index is 2670. The van der Waals surface area contributed by atoms with E-state index in [2.05, 4.69) is 60.3 Å². The van der Waals surface area contributed by atoms with Crippen molar-refractivity contribution in [3.8, 4) is 22.5 Å². The Balaban J connectivity index is 1.08. The van der Waals surface area contributed by atoms with Crippen molar-refractivity contribution in [2.24, 2.45) is 16.7 Å². The summed E-state index contributed by atoms with van der Waals surface area (Å²) in [7, 11) is 3.27. The highest BCUT2D eigenvalue weighted by Gasteiger charge is 2.48. The second-order valence-electron chi connectivity index (χ2n) is 20.7. The van der Waals surface area contributed by atoms with Crippen LogP contribution in [0.5, 0.6) is 0 Å². The molecule has 382 valence electrons. The maximum absolute atomic E-state index is 14.7. The lowest BCUT2D eigenvalue weighted by Crippen LogP contribution is -2.64. The van der Waals surface area contributed by atoms with Gasteiger partial charge in [0.05, 0.1) is 34.8 Å². The standard InChI is InChI=1S/C52H67F2N9O7S/c1-9-62-40-15-14-33-24-35(40)36(46(62)34-12-10-20-55-44(34)32(4)69-8)26-51(5,6)30-70-49(67)37-13-11-21-63(58-37)48(66)38(25-42-56-39(33)27-71-42)57-47(65)45(31(2)3)59(7)50(68)60-22-18-52(19-23-60)28-61(29-52)43(64)17-16-41(53)54/h10,12,14-17,20,24,27,31-32,37-38,41,45,58H,9,11,13,18-19,21-23,25-26,28-30H2,1-8H3,(H,57,65)/b17-16+/t32-,37-,38-,45-/m0/s1. The summed E-state index contributed by atoms with van der Waals surface area (Å²) in [4.78, 5) is 84.2. The minimum atomic E-state index is -2.70. The van der Waals surface area contributed by atoms with Gasteiger partial charge >= 0.3 is 12.0 Å². The zero-order valence-electron chi connectivity index (χ0n) is 42.0. The first-order valence-corrected chi connectivity index (χ1v) is 25.6. The number of carbonyl (C=O) groups is 5. The average molecular weight is 1000 g/mol. The molecule has 0 saturated carbocycles. The monoisotopic (exact) mass is 999 g/mol. The number of hydrazine groups is 1. The number of benzene rings is 1. The fourth-order valence-corrected chi connectivity index (χ4v) is 11.6. The van der Waals surface area contributed by atoms with Crippen LogP contribution >= 0.6 is 11.3 Å². The molecule has 3 saturated heterocycles. The molecule has 8 rings (SSSR count). The highest BCUT2D eigenvalue weighted by Crippen LogP contribution is 2.43. The fraction of sp³-hybridized carbons (Fsp3) is 0.558. The highest BCUT2D eigenvalue weighted by molar-refractivity contribution is 7.10. The van der Waals surface area contributed by atoms with Gasteiger partial charge in [0.2, 0.25) is 11.8 Å². The third-order valence-corrected chi connectivity index (χ3v) is 15.5. The molecule has 16 nitrogen and oxygen atoms in total. The Morgan fingerprint density at radius 1 is 1.08 bits per heavy atom. The molecule has 4 aromatic rings. The molecule has 6 bridgehead atoms. The molecule has 0 unspecified atom stereocenters. The molecule has 1 aromatic carbocycles. The normalized spacial score (nSPS) is 21.3. The number of amides is 5. The minimum absolute atomic E-state index is 0.0518. The molecule has 1 spiro atoms. The first-order chi connectivity index (χ1) is 33.8. The van der Waals surface area contributed by atoms with Crippen LogP contribution in [-0.2, 0) is 48.0 Å². The third kappa shape index (κ3) is 10.9. The number of aryl methyl sites for hydroxylation is 1. The van der Waals surface area contributed by atoms with E-state index in [0.29, 0.717) is 82.5 Å². The number of piperidine rings is 1. The van der Waals surface area contributed by atoms with Crippen LogP contribution in [0.15, 0.2) is 54.1 Å². The molecule has 2 N–H and O–H groups in total. The van der Waals surface area contributed by atoms with Gasteiger partial charge in [-0.2, -0.15) is 0 Å². The average Bonchev–Trinajstić information content (AvgIpc) is 3.94. The van der Waals surface area contributed by atoms with Gasteiger partial charge in [0.1, 0.15) is 18.1 Å². The number of cyclic esters (lactones) is 1. The zero-order chi connectivity index (χ0) is 50.9. The van der Waals surface area contributed by atoms with Crippen molar-refractivity contribution in [1.29, 1.82) is 0 Å². The number of allylic oxidation sites excluding steroid dienone is 1. The van der Waals surface area contributed by atoms with Gasteiger partial charge in [-0.05, 0) is 87.8 Å². The molecule has 7 heterocycles. The second-order valence-corrected chi connectivity index (χ2v) is 21.7. The first kappa shape index (κ1) is 51.6. The lowest BCUT2D eigenvalue weighted by atomic mass is 9.72. The number of hydrogen-bond acceptors (Lipinski definition) is 11. The van der Waals surface area contributed by atoms with Crippen molar-refractivity contribution < 1.29 is 42.2 Å². The van der Waals surface area contributed by atoms with Gasteiger partial charge in [0.25, 0.3) is 12.3 Å². The number of carbonyl (C=O) groups excluding carboxylic acids is 5. The number of esters is 1. The Hall–Kier alpha value is -5.79. The fourth-order valence-electron chi connectivity index (χ4n) is 10.8. The van der Waals surface area contributed by atoms with Crippen molar-refractivity contribution in [2.75, 3.05) is 53.5 Å². The molecule has 3 aromatic heterocycles. The van der Waals surface area contributed by atoms with E-state index in [9.17, 15) is 32.8 Å². The number of likely N-dealkylation sites (N-methyl/N-ethyl adjacent to an activating group) is 1. The van der Waals surface area contributed by atoms with Crippen LogP contribution in [0.3, 0.4) is 0 Å². The number of alkyl halides is 2. The molecule has 71 heavy (non-hydrogen) atoms. The van der Waals surface area contributed by atoms with Gasteiger partial charge in [-0.15, -0.1) is 11.3 Å². The third-order valence-electron chi connectivity index (χ3n) is 14.6. The van der Waals surface area contributed by atoms with Crippen molar-refractivity contribution in [1.82, 2.24) is 45.0 Å². The van der Waals surface area contributed by atoms with Gasteiger partial charge in [-0.25, -0.2) is 24.0 Å². The first-order valence-electron chi connectivity index (χ1n) is 24.7. The maximum atomic E-state index is 14.7. The highest BCUT2D eigenvalue weighted by atomic mass is 32.1. The van der Waals surface area contributed by atoms with Gasteiger partial charge in [0, 0.05) is 110 Å². The topological polar surface area (TPSA) is 172 Å². The summed E-state index contributed by atoms with van der Waals surface area (Å²) in [6.45, 7) is 14.7. The van der Waals surface area contributed by atoms with E-state index in [0.717, 1.165) is 50.8 Å². The number of likely N-dealkylation sites (tertiary alicyclic amines) is 2. The van der Waals surface area contributed by atoms with Crippen molar-refractivity contribution >= 4 is 52.0 Å². The molecule has 3 fully saturated rings. The molecule has 0 aliphatic carbocycles. The molecule has 4 aliphatic heterocycles. The summed E-state index contributed by atoms with van der Waals surface area (Å²) in [6.07, 6.45) is 3.13. The Morgan fingerprint density at radius 3 is 2.52 bits per heavy atom. The van der Waals surface area contributed by atoms with Crippen molar-refractivity contribution in [3.05, 3.63) is 70.3 Å². The number of aromatic nitrogens is 3. The van der Waals surface area contributed by atoms with Gasteiger partial charge < -0.3 is 34.1 Å². The maximum Gasteiger partial charge on any atom is 0.324 e. The number of nitrogens with one attached hydrogen (secondary N) is 2. The second kappa shape index (κ2) is 21.1. The number of nitrogens with zero attached hydrogens (tertiary/aromatic N) is 7. The summed E-state index contributed by atoms with van der Waals surface area (Å²) in [5.74, 6) is -2.22. The lowest BCUT2D eigenvalue weighted by Gasteiger charge is -2.54. The van der Waals surface area contributed by atoms with Crippen LogP contribution in [0, 0.1) is 16.7 Å². The van der Waals surface area contributed by atoms with E-state index in [4.69, 9.17) is 19.4 Å². The number of methoxy groups -OCH3 is 1. The summed E-state index contributed by atoms with van der Waals surface area (Å²) in [5, 5.41) is 8.04. The number of ether oxygens (including phenoxy) is 2. The van der Waals surface area contributed by atoms with Gasteiger partial charge in [0.15, 0.2) is 0 Å². The predicted molar refractivity (Wildman–Crippen MR) is 266 cm³/mol. The van der Waals surface area contributed by atoms with Crippen LogP contribution in [-0.4, -0.2) is 142 Å². The summed E-state index contributed by atoms with van der Waals surface area (Å²) >= 11 is 1.39. The smallest absolute Gasteiger partial charge is 0.324 e. The van der Waals surface area contributed by atoms with E-state index >= 15 is 0 Å². The number of pyridine rings is 1. The van der Waals surface area contributed by atoms with Crippen LogP contribution in [0.2, 0.25) is 0 Å². The quantitative estimate of drug-likeness (QED) is 0.124. The Labute approximate surface area is 418 Å². The molecular formula is C52H67F2N9O7S. The Morgan fingerprint density at radius 2 is 1.83 bits per heavy atom. The number of halogens is 2. The number of thiazole rings is 1. The van der Waals surface area contributed by atoms with Gasteiger partial charge in [-0.3, -0.25) is 29.2 Å². The summed E-state index contributed by atoms with van der Waals surface area (Å²) < 4.78 is 39.5. The molecule has 4 atom stereocenters. The Kier molecular flexibility index (Phi) is 15.3. The van der Waals surface area contributed by atoms with E-state index < -0.39 is 53.7 Å². The van der Waals surface area contributed by atoms with Crippen LogP contribution < -0.4 is 10.7 Å². The molecule has 5 amide bonds. The predicted octanol–water partition coefficient (Wildman–Crippen LogP) is 7.02. The number of rotatable bonds is 10. The van der Waals surface area contributed by atoms with Crippen LogP contribution in [0.25, 0.3) is 33.4 Å². The van der Waals surface area contributed by atoms with Gasteiger partial charge in [-0.1, -0.05) is 33.8 Å². The summed E-state index contributed by atoms with van der Waals surface area (Å²) in [5.41, 5.74) is 8.95. The number of hydrogen-bond donors (Lipinski definition) is 2. The van der Waals surface area contributed by atoms with Crippen molar-refractivity contribution in [2.45, 2.75) is 117 Å². The lowest BCUT2D eigenvalue weighted by molar-refractivity contribution is -0.155. The van der Waals surface area contributed by atoms with Crippen LogP contribution in [0.4, 0.5) is 13.6 Å². The van der Waals surface area contributed by atoms with Crippen LogP contribution in [0.1, 0.15) is 89.6 Å². The minimum Gasteiger partial charge on any atom is -0.464 e. The largest absolute Gasteiger partial charge is 0.464 e. The molecule has 4 aliphatic rings. The SMILES string of the molecule is CCn1c(-c2cccnc2[C@H](C)OC)c2c3cc(ccc31)-c1csc(n1)C[C@H](NC(=O)[C@H](C(C)C)N(C)C(=O)N1CCC3(CC1)CN(C(=O)/C=C/C(F)F)C3)C(=O)N1CCC[C@H](N1)C(=O)OCC(C)(C)C2. The number of fused-ring (bicyclic) bond motifs is 6. The van der Waals surface area contributed by atoms with E-state index in [-0.39, 0.29) is 36.5 Å². The molecule has 19 heteroatoms. The van der Waals surface area contributed by atoms with E-state index in [1.54, 1.807) is 25.3 Å². The number of urea groups is 1. The van der Waals surface area contributed by atoms with Crippen molar-refractivity contribution in [3.63, 3.8) is 0 Å². The summed E-state index contributed by atoms with van der Waals surface area (Å²) in [6, 6.07) is 7.14. The molecular weight excluding hydrogens is 933 g/mol. The van der Waals surface area contributed by atoms with E-state index in [1.165, 1.54) is 26.1 Å². The zero-order valence-corrected chi connectivity index (χ0v) is 42.8. The van der Waals surface area contributed by atoms with E-state index in [1.807, 2.05) is 32.2 Å². The molecule has 0 radical (unpaired) electrons.